The van der Waals surface area contributed by atoms with Gasteiger partial charge in [0.25, 0.3) is 5.56 Å². The van der Waals surface area contributed by atoms with Crippen molar-refractivity contribution in [3.63, 3.8) is 0 Å². The summed E-state index contributed by atoms with van der Waals surface area (Å²) in [7, 11) is 1.28. The molecule has 0 saturated carbocycles. The van der Waals surface area contributed by atoms with Crippen molar-refractivity contribution in [2.24, 2.45) is 7.05 Å². The average Bonchev–Trinajstić information content (AvgIpc) is 2.73. The number of nitrogens with two attached hydrogens (primary N) is 1. The monoisotopic (exact) mass is 399 g/mol. The minimum Gasteiger partial charge on any atom is -0.454 e. The van der Waals surface area contributed by atoms with Gasteiger partial charge < -0.3 is 10.5 Å². The van der Waals surface area contributed by atoms with Crippen molar-refractivity contribution in [1.29, 1.82) is 0 Å². The smallest absolute Gasteiger partial charge is 0.338 e. The van der Waals surface area contributed by atoms with E-state index in [2.05, 4.69) is 0 Å². The van der Waals surface area contributed by atoms with Gasteiger partial charge in [-0.2, -0.15) is 0 Å². The van der Waals surface area contributed by atoms with Crippen LogP contribution in [0.2, 0.25) is 0 Å². The topological polar surface area (TPSA) is 113 Å². The number of nitrogen functional groups attached to an aromatic ring is 1. The number of ketones is 1. The highest BCUT2D eigenvalue weighted by Gasteiger charge is 2.23. The molecule has 0 amide bonds. The van der Waals surface area contributed by atoms with Crippen molar-refractivity contribution >= 4 is 17.6 Å². The second kappa shape index (κ2) is 8.46. The number of carbonyl (C=O) groups is 2. The Morgan fingerprint density at radius 3 is 2.52 bits per heavy atom. The van der Waals surface area contributed by atoms with Crippen molar-refractivity contribution in [2.75, 3.05) is 12.3 Å². The van der Waals surface area contributed by atoms with Crippen LogP contribution in [0, 0.1) is 0 Å². The molecule has 1 aromatic carbocycles. The molecule has 0 spiro atoms. The fourth-order valence-electron chi connectivity index (χ4n) is 3.63. The van der Waals surface area contributed by atoms with Gasteiger partial charge >= 0.3 is 11.7 Å². The van der Waals surface area contributed by atoms with Crippen LogP contribution >= 0.6 is 0 Å². The first-order valence-corrected chi connectivity index (χ1v) is 9.76. The lowest BCUT2D eigenvalue weighted by atomic mass is 9.90. The van der Waals surface area contributed by atoms with E-state index < -0.39 is 29.6 Å². The standard InChI is InChI=1S/C21H25N3O5/c1-3-10-24-18(22)17(19(26)23(2)21(24)28)16(25)12-29-20(27)15-9-8-13-6-4-5-7-14(13)11-15/h8-9,11H,3-7,10,12,22H2,1-2H3. The van der Waals surface area contributed by atoms with Gasteiger partial charge in [-0.3, -0.25) is 18.7 Å². The molecule has 2 N–H and O–H groups in total. The van der Waals surface area contributed by atoms with E-state index in [1.165, 1.54) is 17.2 Å². The summed E-state index contributed by atoms with van der Waals surface area (Å²) in [6.07, 6.45) is 4.74. The van der Waals surface area contributed by atoms with E-state index in [-0.39, 0.29) is 17.9 Å². The Kier molecular flexibility index (Phi) is 6.00. The molecule has 1 aromatic heterocycles. The third-order valence-corrected chi connectivity index (χ3v) is 5.23. The number of hydrogen-bond donors (Lipinski definition) is 1. The third-order valence-electron chi connectivity index (χ3n) is 5.23. The normalized spacial score (nSPS) is 13.0. The number of nitrogens with zero attached hydrogens (tertiary/aromatic N) is 2. The van der Waals surface area contributed by atoms with Crippen LogP contribution in [0.15, 0.2) is 27.8 Å². The van der Waals surface area contributed by atoms with Crippen LogP contribution in [0.3, 0.4) is 0 Å². The predicted octanol–water partition coefficient (Wildman–Crippen LogP) is 1.46. The summed E-state index contributed by atoms with van der Waals surface area (Å²) in [4.78, 5) is 49.6. The molecular formula is C21H25N3O5. The van der Waals surface area contributed by atoms with Crippen LogP contribution in [0.1, 0.15) is 58.0 Å². The van der Waals surface area contributed by atoms with E-state index in [1.807, 2.05) is 13.0 Å². The summed E-state index contributed by atoms with van der Waals surface area (Å²) in [6.45, 7) is 1.49. The van der Waals surface area contributed by atoms with Gasteiger partial charge in [0, 0.05) is 13.6 Å². The van der Waals surface area contributed by atoms with E-state index in [9.17, 15) is 19.2 Å². The highest BCUT2D eigenvalue weighted by molar-refractivity contribution is 6.02. The zero-order valence-electron chi connectivity index (χ0n) is 16.7. The Hall–Kier alpha value is -3.16. The summed E-state index contributed by atoms with van der Waals surface area (Å²) in [5.41, 5.74) is 6.94. The van der Waals surface area contributed by atoms with Crippen molar-refractivity contribution in [3.05, 3.63) is 61.3 Å². The molecule has 0 atom stereocenters. The van der Waals surface area contributed by atoms with Crippen LogP contribution in [0.5, 0.6) is 0 Å². The number of anilines is 1. The van der Waals surface area contributed by atoms with Gasteiger partial charge in [0.05, 0.1) is 5.56 Å². The van der Waals surface area contributed by atoms with E-state index in [4.69, 9.17) is 10.5 Å². The van der Waals surface area contributed by atoms with Gasteiger partial charge in [0.1, 0.15) is 11.4 Å². The first-order chi connectivity index (χ1) is 13.8. The Balaban J connectivity index is 1.80. The number of aryl methyl sites for hydroxylation is 2. The first-order valence-electron chi connectivity index (χ1n) is 9.76. The molecule has 1 heterocycles. The number of fused-ring (bicyclic) bond motifs is 1. The van der Waals surface area contributed by atoms with E-state index in [0.717, 1.165) is 35.8 Å². The first kappa shape index (κ1) is 20.6. The van der Waals surface area contributed by atoms with Gasteiger partial charge in [0.2, 0.25) is 5.78 Å². The lowest BCUT2D eigenvalue weighted by Crippen LogP contribution is -2.43. The van der Waals surface area contributed by atoms with Gasteiger partial charge in [0.15, 0.2) is 6.61 Å². The number of ether oxygens (including phenoxy) is 1. The van der Waals surface area contributed by atoms with Crippen LogP contribution in [0.4, 0.5) is 5.82 Å². The molecule has 3 rings (SSSR count). The SMILES string of the molecule is CCCn1c(N)c(C(=O)COC(=O)c2ccc3c(c2)CCCC3)c(=O)n(C)c1=O. The van der Waals surface area contributed by atoms with Crippen molar-refractivity contribution in [1.82, 2.24) is 9.13 Å². The van der Waals surface area contributed by atoms with E-state index >= 15 is 0 Å². The largest absolute Gasteiger partial charge is 0.454 e. The second-order valence-electron chi connectivity index (χ2n) is 7.25. The molecule has 1 aliphatic rings. The molecule has 0 unspecified atom stereocenters. The number of aromatic nitrogens is 2. The summed E-state index contributed by atoms with van der Waals surface area (Å²) >= 11 is 0. The molecule has 1 aliphatic carbocycles. The maximum atomic E-state index is 12.6. The molecule has 29 heavy (non-hydrogen) atoms. The summed E-state index contributed by atoms with van der Waals surface area (Å²) < 4.78 is 7.15. The Bertz CT molecular complexity index is 1080. The Morgan fingerprint density at radius 1 is 1.14 bits per heavy atom. The molecule has 0 saturated heterocycles. The quantitative estimate of drug-likeness (QED) is 0.581. The predicted molar refractivity (Wildman–Crippen MR) is 108 cm³/mol. The van der Waals surface area contributed by atoms with Crippen LogP contribution < -0.4 is 17.0 Å². The lowest BCUT2D eigenvalue weighted by Gasteiger charge is -2.16. The van der Waals surface area contributed by atoms with E-state index in [0.29, 0.717) is 12.0 Å². The fourth-order valence-corrected chi connectivity index (χ4v) is 3.63. The zero-order valence-corrected chi connectivity index (χ0v) is 16.7. The molecule has 8 nitrogen and oxygen atoms in total. The number of Topliss-reactive ketones (excluding diaryl/α,β-unsaturated/α-hetero) is 1. The number of esters is 1. The summed E-state index contributed by atoms with van der Waals surface area (Å²) in [5, 5.41) is 0. The van der Waals surface area contributed by atoms with Gasteiger partial charge in [-0.1, -0.05) is 13.0 Å². The molecular weight excluding hydrogens is 374 g/mol. The van der Waals surface area contributed by atoms with Crippen molar-refractivity contribution < 1.29 is 14.3 Å². The minimum absolute atomic E-state index is 0.199. The summed E-state index contributed by atoms with van der Waals surface area (Å²) in [6, 6.07) is 5.41. The molecule has 154 valence electrons. The van der Waals surface area contributed by atoms with Crippen LogP contribution in [-0.4, -0.2) is 27.5 Å². The fraction of sp³-hybridized carbons (Fsp3) is 0.429. The Labute approximate surface area is 167 Å². The Morgan fingerprint density at radius 2 is 1.83 bits per heavy atom. The highest BCUT2D eigenvalue weighted by Crippen LogP contribution is 2.22. The van der Waals surface area contributed by atoms with Gasteiger partial charge in [-0.15, -0.1) is 0 Å². The number of hydrogen-bond acceptors (Lipinski definition) is 6. The lowest BCUT2D eigenvalue weighted by molar-refractivity contribution is 0.0474. The molecule has 0 bridgehead atoms. The van der Waals surface area contributed by atoms with E-state index in [1.54, 1.807) is 12.1 Å². The molecule has 0 radical (unpaired) electrons. The maximum Gasteiger partial charge on any atom is 0.338 e. The number of rotatable bonds is 6. The minimum atomic E-state index is -0.797. The second-order valence-corrected chi connectivity index (χ2v) is 7.25. The third kappa shape index (κ3) is 4.01. The van der Waals surface area contributed by atoms with Gasteiger partial charge in [-0.25, -0.2) is 9.59 Å². The molecule has 2 aromatic rings. The number of benzene rings is 1. The molecule has 0 fully saturated rings. The summed E-state index contributed by atoms with van der Waals surface area (Å²) in [5.74, 6) is -1.57. The average molecular weight is 399 g/mol. The van der Waals surface area contributed by atoms with Gasteiger partial charge in [-0.05, 0) is 55.4 Å². The highest BCUT2D eigenvalue weighted by atomic mass is 16.5. The molecule has 0 aliphatic heterocycles. The van der Waals surface area contributed by atoms with Crippen molar-refractivity contribution in [2.45, 2.75) is 45.6 Å². The van der Waals surface area contributed by atoms with Crippen molar-refractivity contribution in [3.8, 4) is 0 Å². The molecule has 8 heteroatoms. The van der Waals surface area contributed by atoms with Crippen LogP contribution in [-0.2, 0) is 31.2 Å². The number of carbonyl (C=O) groups excluding carboxylic acids is 2. The van der Waals surface area contributed by atoms with Crippen LogP contribution in [0.25, 0.3) is 0 Å². The zero-order chi connectivity index (χ0) is 21.1. The maximum absolute atomic E-state index is 12.6.